The van der Waals surface area contributed by atoms with Crippen LogP contribution < -0.4 is 4.90 Å². The maximum Gasteiger partial charge on any atom is 0.213 e. The van der Waals surface area contributed by atoms with Crippen LogP contribution in [-0.2, 0) is 0 Å². The molecule has 0 bridgehead atoms. The first-order valence-corrected chi connectivity index (χ1v) is 21.9. The molecular weight excluding hydrogens is 773 g/mol. The second-order valence-electron chi connectivity index (χ2n) is 16.1. The zero-order chi connectivity index (χ0) is 40.7. The molecule has 0 aliphatic rings. The summed E-state index contributed by atoms with van der Waals surface area (Å²) in [7, 11) is 0. The molecular formula is C58H36N2OS. The van der Waals surface area contributed by atoms with Gasteiger partial charge in [-0.25, -0.2) is 0 Å². The van der Waals surface area contributed by atoms with Crippen molar-refractivity contribution in [2.24, 2.45) is 0 Å². The van der Waals surface area contributed by atoms with Crippen molar-refractivity contribution in [2.45, 2.75) is 0 Å². The third-order valence-corrected chi connectivity index (χ3v) is 13.8. The van der Waals surface area contributed by atoms with E-state index in [1.165, 1.54) is 63.8 Å². The molecule has 0 unspecified atom stereocenters. The summed E-state index contributed by atoms with van der Waals surface area (Å²) in [4.78, 5) is 2.38. The minimum absolute atomic E-state index is 0.862. The van der Waals surface area contributed by atoms with Crippen LogP contribution in [0.4, 0.5) is 17.1 Å². The Kier molecular flexibility index (Phi) is 7.78. The average molecular weight is 809 g/mol. The van der Waals surface area contributed by atoms with Gasteiger partial charge in [0, 0.05) is 47.9 Å². The lowest BCUT2D eigenvalue weighted by atomic mass is 9.98. The number of oxazole rings is 1. The van der Waals surface area contributed by atoms with Gasteiger partial charge in [-0.2, -0.15) is 0 Å². The molecule has 4 heteroatoms. The van der Waals surface area contributed by atoms with E-state index in [0.717, 1.165) is 56.1 Å². The van der Waals surface area contributed by atoms with E-state index in [9.17, 15) is 0 Å². The van der Waals surface area contributed by atoms with Gasteiger partial charge in [0.25, 0.3) is 0 Å². The zero-order valence-electron chi connectivity index (χ0n) is 33.5. The molecule has 290 valence electrons. The van der Waals surface area contributed by atoms with E-state index in [2.05, 4.69) is 228 Å². The van der Waals surface area contributed by atoms with Gasteiger partial charge in [-0.3, -0.25) is 4.40 Å². The fraction of sp³-hybridized carbons (Fsp3) is 0. The molecule has 62 heavy (non-hydrogen) atoms. The molecule has 3 nitrogen and oxygen atoms in total. The van der Waals surface area contributed by atoms with Crippen molar-refractivity contribution in [3.05, 3.63) is 218 Å². The molecule has 0 radical (unpaired) electrons. The highest BCUT2D eigenvalue weighted by atomic mass is 32.1. The molecule has 0 N–H and O–H groups in total. The number of aromatic nitrogens is 1. The summed E-state index contributed by atoms with van der Waals surface area (Å²) in [5, 5.41) is 8.68. The predicted octanol–water partition coefficient (Wildman–Crippen LogP) is 17.0. The summed E-state index contributed by atoms with van der Waals surface area (Å²) < 4.78 is 11.8. The van der Waals surface area contributed by atoms with E-state index in [4.69, 9.17) is 4.42 Å². The number of hydrogen-bond acceptors (Lipinski definition) is 3. The van der Waals surface area contributed by atoms with Gasteiger partial charge in [0.1, 0.15) is 0 Å². The molecule has 3 heterocycles. The summed E-state index contributed by atoms with van der Waals surface area (Å²) in [5.74, 6) is 0. The molecule has 0 amide bonds. The van der Waals surface area contributed by atoms with Crippen molar-refractivity contribution in [1.29, 1.82) is 0 Å². The van der Waals surface area contributed by atoms with E-state index in [0.29, 0.717) is 0 Å². The predicted molar refractivity (Wildman–Crippen MR) is 264 cm³/mol. The quantitative estimate of drug-likeness (QED) is 0.167. The first-order chi connectivity index (χ1) is 30.7. The van der Waals surface area contributed by atoms with Crippen LogP contribution in [0, 0.1) is 0 Å². The third kappa shape index (κ3) is 5.37. The molecule has 0 aliphatic heterocycles. The number of fused-ring (bicyclic) bond motifs is 10. The van der Waals surface area contributed by atoms with Crippen molar-refractivity contribution in [2.75, 3.05) is 4.90 Å². The van der Waals surface area contributed by atoms with Crippen molar-refractivity contribution in [3.63, 3.8) is 0 Å². The van der Waals surface area contributed by atoms with Crippen molar-refractivity contribution < 1.29 is 4.42 Å². The summed E-state index contributed by atoms with van der Waals surface area (Å²) in [5.41, 5.74) is 14.3. The highest BCUT2D eigenvalue weighted by Gasteiger charge is 2.23. The Morgan fingerprint density at radius 3 is 1.79 bits per heavy atom. The van der Waals surface area contributed by atoms with Gasteiger partial charge in [0.15, 0.2) is 5.58 Å². The van der Waals surface area contributed by atoms with E-state index in [1.54, 1.807) is 0 Å². The van der Waals surface area contributed by atoms with Gasteiger partial charge in [-0.15, -0.1) is 11.3 Å². The van der Waals surface area contributed by atoms with Crippen LogP contribution in [0.5, 0.6) is 0 Å². The van der Waals surface area contributed by atoms with Crippen LogP contribution in [0.15, 0.2) is 223 Å². The van der Waals surface area contributed by atoms with Crippen LogP contribution >= 0.6 is 11.3 Å². The second-order valence-corrected chi connectivity index (χ2v) is 17.1. The molecule has 3 aromatic heterocycles. The topological polar surface area (TPSA) is 20.8 Å². The number of nitrogens with zero attached hydrogens (tertiary/aromatic N) is 2. The highest BCUT2D eigenvalue weighted by molar-refractivity contribution is 7.26. The summed E-state index contributed by atoms with van der Waals surface area (Å²) in [6.07, 6.45) is 0. The van der Waals surface area contributed by atoms with Gasteiger partial charge < -0.3 is 9.32 Å². The number of anilines is 3. The number of rotatable bonds is 6. The first-order valence-electron chi connectivity index (χ1n) is 21.1. The summed E-state index contributed by atoms with van der Waals surface area (Å²) in [6, 6.07) is 79.0. The largest absolute Gasteiger partial charge is 0.438 e. The maximum absolute atomic E-state index is 6.95. The smallest absolute Gasteiger partial charge is 0.213 e. The van der Waals surface area contributed by atoms with Crippen LogP contribution in [0.3, 0.4) is 0 Å². The lowest BCUT2D eigenvalue weighted by Crippen LogP contribution is -2.10. The van der Waals surface area contributed by atoms with Crippen molar-refractivity contribution in [1.82, 2.24) is 4.40 Å². The molecule has 0 fully saturated rings. The maximum atomic E-state index is 6.95. The molecule has 13 rings (SSSR count). The van der Waals surface area contributed by atoms with E-state index >= 15 is 0 Å². The van der Waals surface area contributed by atoms with Crippen LogP contribution in [0.1, 0.15) is 0 Å². The SMILES string of the molecule is c1ccc2c(-c3ccc(N(c4ccc(-c5ccc6c(c5)oc5c(-c7cccc8c7sc7ccccc78)c7ccccc7n56)cc4)c4cccc5ccccc45)cc3)cccc2c1. The van der Waals surface area contributed by atoms with Gasteiger partial charge in [0.05, 0.1) is 22.3 Å². The van der Waals surface area contributed by atoms with Crippen LogP contribution in [0.25, 0.3) is 103 Å². The van der Waals surface area contributed by atoms with Gasteiger partial charge >= 0.3 is 0 Å². The Balaban J connectivity index is 0.914. The van der Waals surface area contributed by atoms with Gasteiger partial charge in [-0.1, -0.05) is 164 Å². The highest BCUT2D eigenvalue weighted by Crippen LogP contribution is 2.46. The fourth-order valence-electron chi connectivity index (χ4n) is 9.72. The average Bonchev–Trinajstić information content (AvgIpc) is 4.01. The standard InChI is InChI=1S/C58H36N2OS/c1-3-16-44-38(12-1)14-9-20-45(44)40-28-33-43(34-29-40)59(51-24-10-15-39-13-2-4-17-46(39)51)42-31-26-37(27-32-42)41-30-35-53-54(36-41)61-58-56(49-19-5-7-23-52(49)60(53)58)50-22-11-21-48-47-18-6-8-25-55(47)62-57(48)50/h1-36H. The third-order valence-electron chi connectivity index (χ3n) is 12.6. The molecule has 0 spiro atoms. The minimum Gasteiger partial charge on any atom is -0.438 e. The Bertz CT molecular complexity index is 3860. The first kappa shape index (κ1) is 34.9. The second kappa shape index (κ2) is 13.8. The van der Waals surface area contributed by atoms with Crippen LogP contribution in [0.2, 0.25) is 0 Å². The Labute approximate surface area is 361 Å². The summed E-state index contributed by atoms with van der Waals surface area (Å²) >= 11 is 1.86. The Morgan fingerprint density at radius 1 is 0.403 bits per heavy atom. The van der Waals surface area contributed by atoms with E-state index < -0.39 is 0 Å². The zero-order valence-corrected chi connectivity index (χ0v) is 34.3. The molecule has 0 aliphatic carbocycles. The van der Waals surface area contributed by atoms with Gasteiger partial charge in [0.2, 0.25) is 5.71 Å². The van der Waals surface area contributed by atoms with Gasteiger partial charge in [-0.05, 0) is 93.0 Å². The fourth-order valence-corrected chi connectivity index (χ4v) is 10.9. The molecule has 10 aromatic carbocycles. The van der Waals surface area contributed by atoms with E-state index in [-0.39, 0.29) is 0 Å². The summed E-state index contributed by atoms with van der Waals surface area (Å²) in [6.45, 7) is 0. The lowest BCUT2D eigenvalue weighted by molar-refractivity contribution is 0.658. The van der Waals surface area contributed by atoms with Crippen molar-refractivity contribution >= 4 is 97.8 Å². The molecule has 0 saturated carbocycles. The normalized spacial score (nSPS) is 11.9. The minimum atomic E-state index is 0.862. The Morgan fingerprint density at radius 2 is 0.984 bits per heavy atom. The Hall–Kier alpha value is -7.92. The number of thiophene rings is 1. The lowest BCUT2D eigenvalue weighted by Gasteiger charge is -2.27. The number of benzene rings is 10. The number of para-hydroxylation sites is 1. The van der Waals surface area contributed by atoms with Crippen molar-refractivity contribution in [3.8, 4) is 33.4 Å². The monoisotopic (exact) mass is 808 g/mol. The van der Waals surface area contributed by atoms with E-state index in [1.807, 2.05) is 11.3 Å². The molecule has 0 saturated heterocycles. The van der Waals surface area contributed by atoms with Crippen LogP contribution in [-0.4, -0.2) is 4.40 Å². The molecule has 13 aromatic rings. The number of hydrogen-bond donors (Lipinski definition) is 0. The molecule has 0 atom stereocenters.